The number of aromatic nitrogens is 2. The van der Waals surface area contributed by atoms with Crippen LogP contribution in [-0.4, -0.2) is 15.3 Å². The second-order valence-corrected chi connectivity index (χ2v) is 7.27. The van der Waals surface area contributed by atoms with E-state index in [1.165, 1.54) is 32.1 Å². The summed E-state index contributed by atoms with van der Waals surface area (Å²) in [5, 5.41) is 5.35. The molecule has 1 aromatic rings. The van der Waals surface area contributed by atoms with Crippen molar-refractivity contribution in [3.05, 3.63) is 16.4 Å². The molecule has 20 heavy (non-hydrogen) atoms. The topological polar surface area (TPSA) is 43.8 Å². The summed E-state index contributed by atoms with van der Waals surface area (Å²) in [5.41, 5.74) is 8.75. The van der Waals surface area contributed by atoms with Crippen molar-refractivity contribution in [2.75, 3.05) is 0 Å². The van der Waals surface area contributed by atoms with E-state index < -0.39 is 0 Å². The summed E-state index contributed by atoms with van der Waals surface area (Å²) in [7, 11) is 0. The van der Waals surface area contributed by atoms with Gasteiger partial charge >= 0.3 is 0 Å². The molecule has 0 saturated heterocycles. The molecule has 1 heterocycles. The van der Waals surface area contributed by atoms with Crippen molar-refractivity contribution in [3.8, 4) is 0 Å². The van der Waals surface area contributed by atoms with Crippen LogP contribution in [0, 0.1) is 18.8 Å². The van der Waals surface area contributed by atoms with Gasteiger partial charge in [-0.05, 0) is 51.4 Å². The molecule has 0 radical (unpaired) electrons. The van der Waals surface area contributed by atoms with Gasteiger partial charge in [0.05, 0.1) is 16.4 Å². The summed E-state index contributed by atoms with van der Waals surface area (Å²) >= 11 is 6.45. The zero-order valence-corrected chi connectivity index (χ0v) is 13.4. The molecular formula is C16H26ClN3. The van der Waals surface area contributed by atoms with E-state index in [9.17, 15) is 0 Å². The summed E-state index contributed by atoms with van der Waals surface area (Å²) in [5.74, 6) is 1.82. The van der Waals surface area contributed by atoms with E-state index in [2.05, 4.69) is 12.0 Å². The fourth-order valence-electron chi connectivity index (χ4n) is 3.94. The van der Waals surface area contributed by atoms with Crippen molar-refractivity contribution in [1.82, 2.24) is 9.78 Å². The first-order chi connectivity index (χ1) is 9.52. The van der Waals surface area contributed by atoms with Crippen molar-refractivity contribution in [1.29, 1.82) is 0 Å². The SMILES string of the molecule is CCn1nc(C)c(Cl)c1CC1(N)CCCC(C2CC2)C1. The highest BCUT2D eigenvalue weighted by atomic mass is 35.5. The Labute approximate surface area is 126 Å². The minimum absolute atomic E-state index is 0.0749. The minimum Gasteiger partial charge on any atom is -0.325 e. The molecule has 3 rings (SSSR count). The van der Waals surface area contributed by atoms with Crippen molar-refractivity contribution < 1.29 is 0 Å². The van der Waals surface area contributed by atoms with Crippen LogP contribution in [0.2, 0.25) is 5.02 Å². The average Bonchev–Trinajstić information content (AvgIpc) is 3.22. The van der Waals surface area contributed by atoms with Gasteiger partial charge in [-0.2, -0.15) is 5.10 Å². The van der Waals surface area contributed by atoms with Crippen LogP contribution < -0.4 is 5.73 Å². The second-order valence-electron chi connectivity index (χ2n) is 6.89. The fraction of sp³-hybridized carbons (Fsp3) is 0.812. The molecule has 2 saturated carbocycles. The quantitative estimate of drug-likeness (QED) is 0.920. The van der Waals surface area contributed by atoms with Crippen LogP contribution in [0.15, 0.2) is 0 Å². The number of nitrogens with zero attached hydrogens (tertiary/aromatic N) is 2. The van der Waals surface area contributed by atoms with Crippen LogP contribution in [0.25, 0.3) is 0 Å². The Morgan fingerprint density at radius 3 is 2.75 bits per heavy atom. The molecule has 2 unspecified atom stereocenters. The summed E-state index contributed by atoms with van der Waals surface area (Å²) in [6.07, 6.45) is 8.67. The molecular weight excluding hydrogens is 270 g/mol. The van der Waals surface area contributed by atoms with Gasteiger partial charge in [-0.3, -0.25) is 4.68 Å². The van der Waals surface area contributed by atoms with Crippen molar-refractivity contribution in [2.24, 2.45) is 17.6 Å². The smallest absolute Gasteiger partial charge is 0.0847 e. The Bertz CT molecular complexity index is 492. The summed E-state index contributed by atoms with van der Waals surface area (Å²) in [6.45, 7) is 4.96. The Hall–Kier alpha value is -0.540. The highest BCUT2D eigenvalue weighted by molar-refractivity contribution is 6.31. The largest absolute Gasteiger partial charge is 0.325 e. The number of nitrogens with two attached hydrogens (primary N) is 1. The maximum Gasteiger partial charge on any atom is 0.0847 e. The van der Waals surface area contributed by atoms with E-state index >= 15 is 0 Å². The maximum atomic E-state index is 6.75. The van der Waals surface area contributed by atoms with Crippen molar-refractivity contribution >= 4 is 11.6 Å². The molecule has 4 heteroatoms. The van der Waals surface area contributed by atoms with E-state index in [1.54, 1.807) is 0 Å². The van der Waals surface area contributed by atoms with Gasteiger partial charge in [-0.1, -0.05) is 24.4 Å². The minimum atomic E-state index is -0.0749. The molecule has 2 aliphatic carbocycles. The third kappa shape index (κ3) is 2.75. The number of rotatable bonds is 4. The van der Waals surface area contributed by atoms with Gasteiger partial charge in [0.25, 0.3) is 0 Å². The predicted molar refractivity (Wildman–Crippen MR) is 83.0 cm³/mol. The fourth-order valence-corrected chi connectivity index (χ4v) is 4.15. The lowest BCUT2D eigenvalue weighted by molar-refractivity contribution is 0.201. The normalized spacial score (nSPS) is 30.7. The van der Waals surface area contributed by atoms with E-state index in [1.807, 2.05) is 11.6 Å². The summed E-state index contributed by atoms with van der Waals surface area (Å²) in [4.78, 5) is 0. The van der Waals surface area contributed by atoms with Crippen LogP contribution in [0.4, 0.5) is 0 Å². The van der Waals surface area contributed by atoms with Gasteiger partial charge in [0, 0.05) is 18.5 Å². The molecule has 112 valence electrons. The first kappa shape index (κ1) is 14.4. The van der Waals surface area contributed by atoms with Gasteiger partial charge in [0.1, 0.15) is 0 Å². The lowest BCUT2D eigenvalue weighted by Gasteiger charge is -2.38. The maximum absolute atomic E-state index is 6.75. The second kappa shape index (κ2) is 5.34. The molecule has 0 aromatic carbocycles. The Morgan fingerprint density at radius 2 is 2.10 bits per heavy atom. The molecule has 2 fully saturated rings. The van der Waals surface area contributed by atoms with E-state index in [4.69, 9.17) is 17.3 Å². The zero-order valence-electron chi connectivity index (χ0n) is 12.7. The predicted octanol–water partition coefficient (Wildman–Crippen LogP) is 3.71. The molecule has 2 aliphatic rings. The summed E-state index contributed by atoms with van der Waals surface area (Å²) < 4.78 is 2.03. The van der Waals surface area contributed by atoms with Crippen molar-refractivity contribution in [2.45, 2.75) is 70.9 Å². The van der Waals surface area contributed by atoms with E-state index in [0.717, 1.165) is 47.6 Å². The number of hydrogen-bond donors (Lipinski definition) is 1. The monoisotopic (exact) mass is 295 g/mol. The molecule has 0 amide bonds. The third-order valence-electron chi connectivity index (χ3n) is 5.18. The number of aryl methyl sites for hydroxylation is 2. The van der Waals surface area contributed by atoms with Crippen LogP contribution in [0.5, 0.6) is 0 Å². The number of hydrogen-bond acceptors (Lipinski definition) is 2. The first-order valence-corrected chi connectivity index (χ1v) is 8.41. The lowest BCUT2D eigenvalue weighted by atomic mass is 9.72. The van der Waals surface area contributed by atoms with Gasteiger partial charge in [-0.25, -0.2) is 0 Å². The van der Waals surface area contributed by atoms with Gasteiger partial charge in [0.2, 0.25) is 0 Å². The van der Waals surface area contributed by atoms with Crippen molar-refractivity contribution in [3.63, 3.8) is 0 Å². The van der Waals surface area contributed by atoms with Gasteiger partial charge < -0.3 is 5.73 Å². The molecule has 3 nitrogen and oxygen atoms in total. The van der Waals surface area contributed by atoms with Gasteiger partial charge in [-0.15, -0.1) is 0 Å². The Kier molecular flexibility index (Phi) is 3.85. The van der Waals surface area contributed by atoms with Crippen LogP contribution in [0.1, 0.15) is 56.8 Å². The van der Waals surface area contributed by atoms with E-state index in [-0.39, 0.29) is 5.54 Å². The summed E-state index contributed by atoms with van der Waals surface area (Å²) in [6, 6.07) is 0. The molecule has 0 aliphatic heterocycles. The highest BCUT2D eigenvalue weighted by Crippen LogP contribution is 2.46. The lowest BCUT2D eigenvalue weighted by Crippen LogP contribution is -2.47. The number of halogens is 1. The Morgan fingerprint density at radius 1 is 1.35 bits per heavy atom. The molecule has 0 bridgehead atoms. The molecule has 1 aromatic heterocycles. The highest BCUT2D eigenvalue weighted by Gasteiger charge is 2.40. The van der Waals surface area contributed by atoms with Crippen LogP contribution in [-0.2, 0) is 13.0 Å². The molecule has 0 spiro atoms. The van der Waals surface area contributed by atoms with Crippen LogP contribution in [0.3, 0.4) is 0 Å². The first-order valence-electron chi connectivity index (χ1n) is 8.03. The third-order valence-corrected chi connectivity index (χ3v) is 5.67. The van der Waals surface area contributed by atoms with Gasteiger partial charge in [0.15, 0.2) is 0 Å². The van der Waals surface area contributed by atoms with E-state index in [0.29, 0.717) is 0 Å². The standard InChI is InChI=1S/C16H26ClN3/c1-3-20-14(15(17)11(2)19-20)10-16(18)8-4-5-13(9-16)12-6-7-12/h12-13H,3-10,18H2,1-2H3. The Balaban J connectivity index is 1.78. The molecule has 2 N–H and O–H groups in total. The van der Waals surface area contributed by atoms with Crippen LogP contribution >= 0.6 is 11.6 Å². The average molecular weight is 296 g/mol. The molecule has 2 atom stereocenters. The zero-order chi connectivity index (χ0) is 14.3.